The van der Waals surface area contributed by atoms with Crippen LogP contribution in [-0.4, -0.2) is 42.5 Å². The van der Waals surface area contributed by atoms with Crippen LogP contribution in [0.2, 0.25) is 0 Å². The van der Waals surface area contributed by atoms with Crippen molar-refractivity contribution in [1.82, 2.24) is 0 Å². The predicted octanol–water partition coefficient (Wildman–Crippen LogP) is 0.374. The van der Waals surface area contributed by atoms with E-state index in [-0.39, 0.29) is 11.5 Å². The third-order valence-corrected chi connectivity index (χ3v) is 3.73. The van der Waals surface area contributed by atoms with Gasteiger partial charge in [-0.05, 0) is 31.6 Å². The van der Waals surface area contributed by atoms with Crippen LogP contribution in [0.15, 0.2) is 0 Å². The van der Waals surface area contributed by atoms with Gasteiger partial charge in [0, 0.05) is 19.8 Å². The average Bonchev–Trinajstić information content (AvgIpc) is 2.29. The van der Waals surface area contributed by atoms with Crippen LogP contribution in [0, 0.1) is 5.92 Å². The lowest BCUT2D eigenvalue weighted by atomic mass is 9.78. The first-order valence-corrected chi connectivity index (χ1v) is 5.83. The van der Waals surface area contributed by atoms with Crippen molar-refractivity contribution in [3.63, 3.8) is 0 Å². The highest BCUT2D eigenvalue weighted by atomic mass is 16.5. The molecule has 0 bridgehead atoms. The molecular formula is C11H19NO4. The molecule has 3 N–H and O–H groups in total. The van der Waals surface area contributed by atoms with Crippen LogP contribution in [0.3, 0.4) is 0 Å². The average molecular weight is 229 g/mol. The van der Waals surface area contributed by atoms with Gasteiger partial charge in [-0.2, -0.15) is 0 Å². The normalized spacial score (nSPS) is 31.2. The highest BCUT2D eigenvalue weighted by molar-refractivity contribution is 5.73. The summed E-state index contributed by atoms with van der Waals surface area (Å²) in [5, 5.41) is 8.93. The van der Waals surface area contributed by atoms with E-state index in [0.29, 0.717) is 19.8 Å². The molecule has 2 heterocycles. The van der Waals surface area contributed by atoms with Gasteiger partial charge >= 0.3 is 5.97 Å². The molecule has 0 aromatic carbocycles. The second-order valence-electron chi connectivity index (χ2n) is 4.76. The summed E-state index contributed by atoms with van der Waals surface area (Å²) in [4.78, 5) is 10.9. The summed E-state index contributed by atoms with van der Waals surface area (Å²) in [6.45, 7) is 2.02. The Bertz CT molecular complexity index is 257. The minimum atomic E-state index is -0.908. The van der Waals surface area contributed by atoms with Gasteiger partial charge in [-0.25, -0.2) is 0 Å². The van der Waals surface area contributed by atoms with Gasteiger partial charge < -0.3 is 20.3 Å². The van der Waals surface area contributed by atoms with Gasteiger partial charge in [-0.1, -0.05) is 0 Å². The summed E-state index contributed by atoms with van der Waals surface area (Å²) >= 11 is 0. The second kappa shape index (κ2) is 4.69. The van der Waals surface area contributed by atoms with Crippen LogP contribution >= 0.6 is 0 Å². The fourth-order valence-corrected chi connectivity index (χ4v) is 2.67. The highest BCUT2D eigenvalue weighted by Crippen LogP contribution is 2.37. The van der Waals surface area contributed by atoms with Crippen molar-refractivity contribution in [3.8, 4) is 0 Å². The number of carboxylic acid groups (broad SMARTS) is 1. The molecule has 92 valence electrons. The summed E-state index contributed by atoms with van der Waals surface area (Å²) in [5.41, 5.74) is 5.52. The number of hydrogen-bond donors (Lipinski definition) is 2. The maximum absolute atomic E-state index is 10.9. The smallest absolute Gasteiger partial charge is 0.320 e. The maximum atomic E-state index is 10.9. The van der Waals surface area contributed by atoms with Crippen LogP contribution in [0.1, 0.15) is 25.7 Å². The molecule has 2 atom stereocenters. The minimum Gasteiger partial charge on any atom is -0.480 e. The Hall–Kier alpha value is -0.650. The predicted molar refractivity (Wildman–Crippen MR) is 57.1 cm³/mol. The summed E-state index contributed by atoms with van der Waals surface area (Å²) in [6, 6.07) is -0.761. The number of rotatable bonds is 2. The lowest BCUT2D eigenvalue weighted by Gasteiger charge is -2.44. The van der Waals surface area contributed by atoms with E-state index >= 15 is 0 Å². The zero-order valence-electron chi connectivity index (χ0n) is 9.35. The number of aliphatic carboxylic acids is 1. The van der Waals surface area contributed by atoms with Crippen molar-refractivity contribution in [2.75, 3.05) is 19.8 Å². The van der Waals surface area contributed by atoms with Crippen LogP contribution in [0.25, 0.3) is 0 Å². The lowest BCUT2D eigenvalue weighted by molar-refractivity contribution is -0.157. The molecule has 0 saturated carbocycles. The first kappa shape index (κ1) is 11.8. The third kappa shape index (κ3) is 2.36. The first-order valence-electron chi connectivity index (χ1n) is 5.83. The van der Waals surface area contributed by atoms with Crippen molar-refractivity contribution < 1.29 is 19.4 Å². The molecule has 2 aliphatic heterocycles. The third-order valence-electron chi connectivity index (χ3n) is 3.73. The molecule has 0 aromatic heterocycles. The van der Waals surface area contributed by atoms with Crippen molar-refractivity contribution in [3.05, 3.63) is 0 Å². The van der Waals surface area contributed by atoms with Crippen LogP contribution < -0.4 is 5.73 Å². The monoisotopic (exact) mass is 229 g/mol. The zero-order valence-corrected chi connectivity index (χ0v) is 9.35. The number of carbonyl (C=O) groups is 1. The molecule has 0 aromatic rings. The number of carboxylic acids is 1. The van der Waals surface area contributed by atoms with E-state index in [1.54, 1.807) is 0 Å². The van der Waals surface area contributed by atoms with Gasteiger partial charge in [-0.15, -0.1) is 0 Å². The molecule has 0 aliphatic carbocycles. The Morgan fingerprint density at radius 3 is 2.69 bits per heavy atom. The van der Waals surface area contributed by atoms with Crippen LogP contribution in [0.4, 0.5) is 0 Å². The Morgan fingerprint density at radius 2 is 2.06 bits per heavy atom. The topological polar surface area (TPSA) is 81.8 Å². The van der Waals surface area contributed by atoms with Crippen molar-refractivity contribution in [1.29, 1.82) is 0 Å². The molecule has 2 saturated heterocycles. The molecule has 5 heteroatoms. The molecule has 2 fully saturated rings. The number of nitrogens with two attached hydrogens (primary N) is 1. The highest BCUT2D eigenvalue weighted by Gasteiger charge is 2.41. The molecule has 16 heavy (non-hydrogen) atoms. The van der Waals surface area contributed by atoms with E-state index in [9.17, 15) is 4.79 Å². The molecule has 1 spiro atoms. The second-order valence-corrected chi connectivity index (χ2v) is 4.76. The zero-order chi connectivity index (χ0) is 11.6. The van der Waals surface area contributed by atoms with Gasteiger partial charge in [0.1, 0.15) is 6.04 Å². The summed E-state index contributed by atoms with van der Waals surface area (Å²) in [5.74, 6) is -0.876. The van der Waals surface area contributed by atoms with E-state index < -0.39 is 12.0 Å². The molecule has 2 rings (SSSR count). The van der Waals surface area contributed by atoms with E-state index in [2.05, 4.69) is 0 Å². The Labute approximate surface area is 94.9 Å². The lowest BCUT2D eigenvalue weighted by Crippen LogP contribution is -2.50. The largest absolute Gasteiger partial charge is 0.480 e. The number of ether oxygens (including phenoxy) is 2. The van der Waals surface area contributed by atoms with Gasteiger partial charge in [-0.3, -0.25) is 4.79 Å². The van der Waals surface area contributed by atoms with Crippen LogP contribution in [-0.2, 0) is 14.3 Å². The van der Waals surface area contributed by atoms with Crippen molar-refractivity contribution in [2.24, 2.45) is 11.7 Å². The van der Waals surface area contributed by atoms with Crippen molar-refractivity contribution >= 4 is 5.97 Å². The minimum absolute atomic E-state index is 0.0318. The molecule has 0 amide bonds. The summed E-state index contributed by atoms with van der Waals surface area (Å²) in [7, 11) is 0. The molecule has 1 unspecified atom stereocenters. The Kier molecular flexibility index (Phi) is 3.47. The molecular weight excluding hydrogens is 210 g/mol. The molecule has 2 aliphatic rings. The summed E-state index contributed by atoms with van der Waals surface area (Å²) in [6.07, 6.45) is 3.21. The Balaban J connectivity index is 2.00. The first-order chi connectivity index (χ1) is 7.63. The van der Waals surface area contributed by atoms with E-state index in [0.717, 1.165) is 25.7 Å². The van der Waals surface area contributed by atoms with Gasteiger partial charge in [0.25, 0.3) is 0 Å². The SMILES string of the molecule is N[C@H](C(=O)O)C1CCOC2(CCOCC2)C1. The van der Waals surface area contributed by atoms with Gasteiger partial charge in [0.05, 0.1) is 5.60 Å². The van der Waals surface area contributed by atoms with E-state index in [4.69, 9.17) is 20.3 Å². The number of hydrogen-bond acceptors (Lipinski definition) is 4. The van der Waals surface area contributed by atoms with Crippen LogP contribution in [0.5, 0.6) is 0 Å². The van der Waals surface area contributed by atoms with E-state index in [1.807, 2.05) is 0 Å². The maximum Gasteiger partial charge on any atom is 0.320 e. The van der Waals surface area contributed by atoms with E-state index in [1.165, 1.54) is 0 Å². The standard InChI is InChI=1S/C11H19NO4/c12-9(10(13)14)8-1-4-16-11(7-8)2-5-15-6-3-11/h8-9H,1-7,12H2,(H,13,14)/t8?,9-/m0/s1. The quantitative estimate of drug-likeness (QED) is 0.715. The Morgan fingerprint density at radius 1 is 1.38 bits per heavy atom. The molecule has 0 radical (unpaired) electrons. The fraction of sp³-hybridized carbons (Fsp3) is 0.909. The van der Waals surface area contributed by atoms with Gasteiger partial charge in [0.2, 0.25) is 0 Å². The summed E-state index contributed by atoms with van der Waals surface area (Å²) < 4.78 is 11.2. The molecule has 5 nitrogen and oxygen atoms in total. The van der Waals surface area contributed by atoms with Crippen molar-refractivity contribution in [2.45, 2.75) is 37.3 Å². The fourth-order valence-electron chi connectivity index (χ4n) is 2.67. The van der Waals surface area contributed by atoms with Gasteiger partial charge in [0.15, 0.2) is 0 Å².